The zero-order valence-corrected chi connectivity index (χ0v) is 12.0. The van der Waals surface area contributed by atoms with E-state index >= 15 is 0 Å². The van der Waals surface area contributed by atoms with E-state index in [2.05, 4.69) is 0 Å². The van der Waals surface area contributed by atoms with E-state index < -0.39 is 6.10 Å². The lowest BCUT2D eigenvalue weighted by atomic mass is 9.93. The minimum absolute atomic E-state index is 0.0202. The predicted octanol–water partition coefficient (Wildman–Crippen LogP) is 1.49. The van der Waals surface area contributed by atoms with Gasteiger partial charge in [0.1, 0.15) is 6.10 Å². The largest absolute Gasteiger partial charge is 0.469 e. The molecule has 5 heteroatoms. The van der Waals surface area contributed by atoms with E-state index in [9.17, 15) is 9.90 Å². The fraction of sp³-hybridized carbons (Fsp3) is 0.562. The molecule has 1 heterocycles. The quantitative estimate of drug-likeness (QED) is 0.658. The molecule has 5 atom stereocenters. The molecule has 1 aliphatic carbocycles. The van der Waals surface area contributed by atoms with Crippen LogP contribution in [0.25, 0.3) is 0 Å². The fourth-order valence-corrected chi connectivity index (χ4v) is 3.13. The van der Waals surface area contributed by atoms with Gasteiger partial charge in [0, 0.05) is 5.92 Å². The number of hydrogen-bond acceptors (Lipinski definition) is 5. The first kappa shape index (κ1) is 14.5. The lowest BCUT2D eigenvalue weighted by Gasteiger charge is -2.14. The van der Waals surface area contributed by atoms with Crippen LogP contribution in [0.4, 0.5) is 0 Å². The average Bonchev–Trinajstić information content (AvgIpc) is 3.19. The third-order valence-corrected chi connectivity index (χ3v) is 4.25. The number of rotatable bonds is 5. The van der Waals surface area contributed by atoms with Crippen LogP contribution in [-0.2, 0) is 25.6 Å². The van der Waals surface area contributed by atoms with Crippen molar-refractivity contribution >= 4 is 5.97 Å². The van der Waals surface area contributed by atoms with Crippen LogP contribution in [0.3, 0.4) is 0 Å². The summed E-state index contributed by atoms with van der Waals surface area (Å²) in [5.41, 5.74) is 1.09. The highest BCUT2D eigenvalue weighted by Crippen LogP contribution is 2.44. The van der Waals surface area contributed by atoms with Gasteiger partial charge in [0.15, 0.2) is 6.29 Å². The topological polar surface area (TPSA) is 68.3 Å². The van der Waals surface area contributed by atoms with Gasteiger partial charge < -0.3 is 19.3 Å². The van der Waals surface area contributed by atoms with Crippen molar-refractivity contribution in [3.63, 3.8) is 0 Å². The minimum Gasteiger partial charge on any atom is -0.469 e. The average molecular weight is 292 g/mol. The first-order valence-electron chi connectivity index (χ1n) is 7.26. The molecule has 0 amide bonds. The molecule has 1 aromatic rings. The van der Waals surface area contributed by atoms with Crippen molar-refractivity contribution in [3.05, 3.63) is 35.9 Å². The number of methoxy groups -OCH3 is 1. The smallest absolute Gasteiger partial charge is 0.309 e. The van der Waals surface area contributed by atoms with Gasteiger partial charge in [-0.25, -0.2) is 0 Å². The lowest BCUT2D eigenvalue weighted by Crippen LogP contribution is -2.25. The molecule has 2 aliphatic rings. The Balaban J connectivity index is 1.53. The van der Waals surface area contributed by atoms with E-state index in [4.69, 9.17) is 14.2 Å². The molecule has 5 nitrogen and oxygen atoms in total. The van der Waals surface area contributed by atoms with Crippen LogP contribution in [0, 0.1) is 11.8 Å². The predicted molar refractivity (Wildman–Crippen MR) is 74.1 cm³/mol. The molecule has 3 rings (SSSR count). The molecule has 1 saturated heterocycles. The Morgan fingerprint density at radius 3 is 2.81 bits per heavy atom. The van der Waals surface area contributed by atoms with Crippen LogP contribution < -0.4 is 0 Å². The molecular weight excluding hydrogens is 272 g/mol. The van der Waals surface area contributed by atoms with Gasteiger partial charge in [0.2, 0.25) is 0 Å². The van der Waals surface area contributed by atoms with E-state index in [1.807, 2.05) is 30.3 Å². The second-order valence-corrected chi connectivity index (χ2v) is 5.68. The Labute approximate surface area is 123 Å². The van der Waals surface area contributed by atoms with E-state index in [-0.39, 0.29) is 30.2 Å². The van der Waals surface area contributed by atoms with E-state index in [1.165, 1.54) is 7.11 Å². The first-order chi connectivity index (χ1) is 10.2. The second-order valence-electron chi connectivity index (χ2n) is 5.68. The number of benzene rings is 1. The van der Waals surface area contributed by atoms with E-state index in [0.29, 0.717) is 19.4 Å². The highest BCUT2D eigenvalue weighted by Gasteiger charge is 2.54. The molecule has 1 aromatic carbocycles. The molecule has 0 bridgehead atoms. The summed E-state index contributed by atoms with van der Waals surface area (Å²) in [6.07, 6.45) is 0.152. The van der Waals surface area contributed by atoms with Crippen LogP contribution in [0.5, 0.6) is 0 Å². The Morgan fingerprint density at radius 1 is 1.33 bits per heavy atom. The number of hydrogen-bond donors (Lipinski definition) is 1. The van der Waals surface area contributed by atoms with Gasteiger partial charge in [-0.05, 0) is 18.4 Å². The van der Waals surface area contributed by atoms with Gasteiger partial charge in [-0.3, -0.25) is 4.79 Å². The summed E-state index contributed by atoms with van der Waals surface area (Å²) in [7, 11) is 1.38. The molecule has 2 fully saturated rings. The Kier molecular flexibility index (Phi) is 4.24. The van der Waals surface area contributed by atoms with Crippen LogP contribution in [-0.4, -0.2) is 36.7 Å². The summed E-state index contributed by atoms with van der Waals surface area (Å²) in [6.45, 7) is 0.486. The summed E-state index contributed by atoms with van der Waals surface area (Å²) in [4.78, 5) is 11.8. The number of epoxide rings is 1. The second kappa shape index (κ2) is 6.13. The van der Waals surface area contributed by atoms with Crippen LogP contribution in [0.2, 0.25) is 0 Å². The van der Waals surface area contributed by atoms with Crippen molar-refractivity contribution in [2.24, 2.45) is 11.8 Å². The molecule has 21 heavy (non-hydrogen) atoms. The van der Waals surface area contributed by atoms with Gasteiger partial charge in [-0.1, -0.05) is 30.3 Å². The van der Waals surface area contributed by atoms with Crippen molar-refractivity contribution < 1.29 is 24.1 Å². The summed E-state index contributed by atoms with van der Waals surface area (Å²) >= 11 is 0. The van der Waals surface area contributed by atoms with Gasteiger partial charge in [0.05, 0.1) is 25.7 Å². The fourth-order valence-electron chi connectivity index (χ4n) is 3.13. The number of carbonyl (C=O) groups excluding carboxylic acids is 1. The molecular formula is C16H20O5. The SMILES string of the molecule is COC(=O)C1CC(O)CC1C1OC1OCc1ccccc1. The number of ether oxygens (including phenoxy) is 3. The number of esters is 1. The van der Waals surface area contributed by atoms with Crippen LogP contribution in [0.15, 0.2) is 30.3 Å². The maximum absolute atomic E-state index is 11.8. The standard InChI is InChI=1S/C16H20O5/c1-19-15(18)13-8-11(17)7-12(13)14-16(21-14)20-9-10-5-3-2-4-6-10/h2-6,11-14,16-17H,7-9H2,1H3. The highest BCUT2D eigenvalue weighted by atomic mass is 16.8. The monoisotopic (exact) mass is 292 g/mol. The highest BCUT2D eigenvalue weighted by molar-refractivity contribution is 5.73. The molecule has 0 aromatic heterocycles. The van der Waals surface area contributed by atoms with Gasteiger partial charge >= 0.3 is 5.97 Å². The maximum Gasteiger partial charge on any atom is 0.309 e. The van der Waals surface area contributed by atoms with Gasteiger partial charge in [0.25, 0.3) is 0 Å². The molecule has 0 radical (unpaired) electrons. The normalized spacial score (nSPS) is 34.7. The van der Waals surface area contributed by atoms with Crippen LogP contribution >= 0.6 is 0 Å². The third-order valence-electron chi connectivity index (χ3n) is 4.25. The maximum atomic E-state index is 11.8. The number of carbonyl (C=O) groups is 1. The molecule has 1 N–H and O–H groups in total. The van der Waals surface area contributed by atoms with Gasteiger partial charge in [-0.2, -0.15) is 0 Å². The number of aliphatic hydroxyl groups is 1. The van der Waals surface area contributed by atoms with Crippen molar-refractivity contribution in [3.8, 4) is 0 Å². The van der Waals surface area contributed by atoms with Crippen molar-refractivity contribution in [2.75, 3.05) is 7.11 Å². The molecule has 5 unspecified atom stereocenters. The lowest BCUT2D eigenvalue weighted by molar-refractivity contribution is -0.147. The first-order valence-corrected chi connectivity index (χ1v) is 7.26. The summed E-state index contributed by atoms with van der Waals surface area (Å²) in [5.74, 6) is -0.581. The molecule has 114 valence electrons. The summed E-state index contributed by atoms with van der Waals surface area (Å²) in [6, 6.07) is 9.87. The number of aliphatic hydroxyl groups excluding tert-OH is 1. The zero-order valence-electron chi connectivity index (χ0n) is 12.0. The van der Waals surface area contributed by atoms with Crippen molar-refractivity contribution in [1.82, 2.24) is 0 Å². The summed E-state index contributed by atoms with van der Waals surface area (Å²) < 4.78 is 16.1. The Hall–Kier alpha value is -1.43. The Bertz CT molecular complexity index is 489. The van der Waals surface area contributed by atoms with E-state index in [1.54, 1.807) is 0 Å². The van der Waals surface area contributed by atoms with Crippen LogP contribution in [0.1, 0.15) is 18.4 Å². The van der Waals surface area contributed by atoms with Gasteiger partial charge in [-0.15, -0.1) is 0 Å². The Morgan fingerprint density at radius 2 is 2.10 bits per heavy atom. The van der Waals surface area contributed by atoms with Crippen molar-refractivity contribution in [1.29, 1.82) is 0 Å². The molecule has 1 aliphatic heterocycles. The molecule has 1 saturated carbocycles. The van der Waals surface area contributed by atoms with Crippen molar-refractivity contribution in [2.45, 2.75) is 37.9 Å². The third kappa shape index (κ3) is 3.26. The zero-order chi connectivity index (χ0) is 14.8. The molecule has 0 spiro atoms. The van der Waals surface area contributed by atoms with E-state index in [0.717, 1.165) is 5.56 Å². The minimum atomic E-state index is -0.460. The summed E-state index contributed by atoms with van der Waals surface area (Å²) in [5, 5.41) is 9.78.